The van der Waals surface area contributed by atoms with Crippen LogP contribution in [-0.4, -0.2) is 65.8 Å². The first-order chi connectivity index (χ1) is 25.8. The zero-order chi connectivity index (χ0) is 37.2. The summed E-state index contributed by atoms with van der Waals surface area (Å²) in [4.78, 5) is 19.4. The van der Waals surface area contributed by atoms with E-state index in [1.807, 2.05) is 30.3 Å². The lowest BCUT2D eigenvalue weighted by Gasteiger charge is -2.21. The zero-order valence-electron chi connectivity index (χ0n) is 31.3. The number of hydrogen-bond donors (Lipinski definition) is 3. The van der Waals surface area contributed by atoms with Gasteiger partial charge in [0.05, 0.1) is 23.3 Å². The second kappa shape index (κ2) is 18.7. The maximum absolute atomic E-state index is 12.8. The third-order valence-corrected chi connectivity index (χ3v) is 10.7. The zero-order valence-corrected chi connectivity index (χ0v) is 32.0. The minimum atomic E-state index is -0.198. The molecule has 4 aromatic rings. The number of pyridine rings is 1. The predicted octanol–water partition coefficient (Wildman–Crippen LogP) is 7.79. The summed E-state index contributed by atoms with van der Waals surface area (Å²) in [5.74, 6) is 1.97. The smallest absolute Gasteiger partial charge is 0.252 e. The molecule has 0 aliphatic carbocycles. The first-order valence-corrected chi connectivity index (χ1v) is 19.4. The Hall–Kier alpha value is -4.15. The summed E-state index contributed by atoms with van der Waals surface area (Å²) >= 11 is 6.89. The number of benzene rings is 3. The van der Waals surface area contributed by atoms with Gasteiger partial charge in [0.2, 0.25) is 0 Å². The highest BCUT2D eigenvalue weighted by Crippen LogP contribution is 2.36. The van der Waals surface area contributed by atoms with Crippen LogP contribution in [0.5, 0.6) is 17.2 Å². The van der Waals surface area contributed by atoms with Crippen molar-refractivity contribution in [2.24, 2.45) is 0 Å². The Morgan fingerprint density at radius 2 is 1.83 bits per heavy atom. The molecule has 53 heavy (non-hydrogen) atoms. The Morgan fingerprint density at radius 3 is 2.64 bits per heavy atom. The molecule has 10 heteroatoms. The first-order valence-electron chi connectivity index (χ1n) is 19.0. The van der Waals surface area contributed by atoms with Crippen LogP contribution in [0.2, 0.25) is 5.02 Å². The van der Waals surface area contributed by atoms with Crippen LogP contribution >= 0.6 is 11.6 Å². The highest BCUT2D eigenvalue weighted by Gasteiger charge is 2.20. The standard InChI is InChI=1S/C43H53ClN4O5/c1-4-35-11-5-6-16-46-43(50)34-20-31(23-45-24-34)27-52-41-22-42(39(44)21-33(41)25-47-35)53-28-32-10-7-12-37(29(32)2)38-13-8-14-40(30(38)3)51-19-9-17-48-18-15-36(49)26-48/h7-8,10,12-14,20-24,35-36,47,49H,4-6,9,11,15-19,25-28H2,1-3H3,(H,46,50)/t35-,36-/m1/s1. The largest absolute Gasteiger partial charge is 0.493 e. The van der Waals surface area contributed by atoms with Gasteiger partial charge in [-0.2, -0.15) is 0 Å². The summed E-state index contributed by atoms with van der Waals surface area (Å²) in [7, 11) is 0. The fourth-order valence-electron chi connectivity index (χ4n) is 7.17. The van der Waals surface area contributed by atoms with Gasteiger partial charge in [-0.05, 0) is 92.0 Å². The number of β-amino-alcohol motifs (C(OH)–C–C–N with tert-alkyl or cyclic N) is 1. The molecule has 1 saturated heterocycles. The molecule has 1 amide bonds. The third kappa shape index (κ3) is 10.3. The van der Waals surface area contributed by atoms with E-state index >= 15 is 0 Å². The fraction of sp³-hybridized carbons (Fsp3) is 0.442. The van der Waals surface area contributed by atoms with E-state index in [1.165, 1.54) is 0 Å². The lowest BCUT2D eigenvalue weighted by atomic mass is 9.93. The molecule has 2 aliphatic heterocycles. The third-order valence-electron chi connectivity index (χ3n) is 10.4. The Morgan fingerprint density at radius 1 is 1.00 bits per heavy atom. The Balaban J connectivity index is 1.17. The van der Waals surface area contributed by atoms with E-state index in [0.717, 1.165) is 103 Å². The van der Waals surface area contributed by atoms with Crippen LogP contribution in [0.3, 0.4) is 0 Å². The van der Waals surface area contributed by atoms with Gasteiger partial charge < -0.3 is 34.9 Å². The fourth-order valence-corrected chi connectivity index (χ4v) is 7.41. The monoisotopic (exact) mass is 740 g/mol. The molecule has 1 fully saturated rings. The maximum atomic E-state index is 12.8. The van der Waals surface area contributed by atoms with Crippen molar-refractivity contribution < 1.29 is 24.1 Å². The molecule has 3 heterocycles. The van der Waals surface area contributed by atoms with E-state index < -0.39 is 0 Å². The van der Waals surface area contributed by atoms with Crippen molar-refractivity contribution in [2.75, 3.05) is 32.8 Å². The van der Waals surface area contributed by atoms with Gasteiger partial charge >= 0.3 is 0 Å². The van der Waals surface area contributed by atoms with Gasteiger partial charge in [-0.25, -0.2) is 0 Å². The minimum Gasteiger partial charge on any atom is -0.493 e. The van der Waals surface area contributed by atoms with Crippen LogP contribution in [0, 0.1) is 13.8 Å². The number of likely N-dealkylation sites (tertiary alicyclic amines) is 1. The molecule has 9 nitrogen and oxygen atoms in total. The van der Waals surface area contributed by atoms with Gasteiger partial charge in [-0.3, -0.25) is 9.78 Å². The minimum absolute atomic E-state index is 0.124. The summed E-state index contributed by atoms with van der Waals surface area (Å²) in [5, 5.41) is 17.0. The molecule has 0 saturated carbocycles. The average molecular weight is 741 g/mol. The number of halogens is 1. The number of ether oxygens (including phenoxy) is 3. The summed E-state index contributed by atoms with van der Waals surface area (Å²) in [6.07, 6.45) is 8.81. The summed E-state index contributed by atoms with van der Waals surface area (Å²) in [5.41, 5.74) is 7.81. The molecule has 1 aromatic heterocycles. The van der Waals surface area contributed by atoms with Crippen LogP contribution in [0.4, 0.5) is 0 Å². The Kier molecular flexibility index (Phi) is 13.6. The van der Waals surface area contributed by atoms with Crippen LogP contribution < -0.4 is 24.8 Å². The van der Waals surface area contributed by atoms with E-state index in [1.54, 1.807) is 12.4 Å². The van der Waals surface area contributed by atoms with Crippen molar-refractivity contribution in [3.8, 4) is 28.4 Å². The molecular weight excluding hydrogens is 688 g/mol. The molecule has 3 aromatic carbocycles. The second-order valence-electron chi connectivity index (χ2n) is 14.3. The molecule has 0 radical (unpaired) electrons. The second-order valence-corrected chi connectivity index (χ2v) is 14.7. The molecule has 2 aliphatic rings. The number of nitrogens with zero attached hydrogens (tertiary/aromatic N) is 2. The summed E-state index contributed by atoms with van der Waals surface area (Å²) in [6, 6.07) is 18.5. The number of aliphatic hydroxyl groups excluding tert-OH is 1. The van der Waals surface area contributed by atoms with Gasteiger partial charge in [0.15, 0.2) is 0 Å². The van der Waals surface area contributed by atoms with Gasteiger partial charge in [-0.1, -0.05) is 55.3 Å². The molecule has 282 valence electrons. The lowest BCUT2D eigenvalue weighted by molar-refractivity contribution is 0.0952. The highest BCUT2D eigenvalue weighted by molar-refractivity contribution is 6.32. The Bertz CT molecular complexity index is 1850. The number of amides is 1. The quantitative estimate of drug-likeness (QED) is 0.142. The normalized spacial score (nSPS) is 18.5. The van der Waals surface area contributed by atoms with E-state index in [4.69, 9.17) is 25.8 Å². The van der Waals surface area contributed by atoms with Crippen LogP contribution in [0.15, 0.2) is 67.0 Å². The number of aromatic nitrogens is 1. The summed E-state index contributed by atoms with van der Waals surface area (Å²) < 4.78 is 19.1. The predicted molar refractivity (Wildman–Crippen MR) is 210 cm³/mol. The molecule has 6 rings (SSSR count). The molecular formula is C43H53ClN4O5. The van der Waals surface area contributed by atoms with Gasteiger partial charge in [0.1, 0.15) is 30.5 Å². The van der Waals surface area contributed by atoms with E-state index in [0.29, 0.717) is 54.4 Å². The molecule has 2 bridgehead atoms. The highest BCUT2D eigenvalue weighted by atomic mass is 35.5. The molecule has 3 N–H and O–H groups in total. The number of hydrogen-bond acceptors (Lipinski definition) is 8. The number of carbonyl (C=O) groups is 1. The van der Waals surface area contributed by atoms with Crippen LogP contribution in [0.1, 0.15) is 83.6 Å². The number of fused-ring (bicyclic) bond motifs is 3. The molecule has 0 spiro atoms. The van der Waals surface area contributed by atoms with Gasteiger partial charge in [-0.15, -0.1) is 0 Å². The van der Waals surface area contributed by atoms with Crippen molar-refractivity contribution >= 4 is 17.5 Å². The lowest BCUT2D eigenvalue weighted by Crippen LogP contribution is -2.29. The van der Waals surface area contributed by atoms with Crippen LogP contribution in [-0.2, 0) is 19.8 Å². The van der Waals surface area contributed by atoms with E-state index in [-0.39, 0.29) is 18.6 Å². The maximum Gasteiger partial charge on any atom is 0.252 e. The van der Waals surface area contributed by atoms with Crippen molar-refractivity contribution in [3.63, 3.8) is 0 Å². The molecule has 0 unspecified atom stereocenters. The topological polar surface area (TPSA) is 105 Å². The van der Waals surface area contributed by atoms with Gasteiger partial charge in [0.25, 0.3) is 5.91 Å². The van der Waals surface area contributed by atoms with Crippen molar-refractivity contribution in [2.45, 2.75) is 91.2 Å². The number of nitrogens with one attached hydrogen (secondary N) is 2. The van der Waals surface area contributed by atoms with E-state index in [2.05, 4.69) is 65.6 Å². The number of rotatable bonds is 10. The SMILES string of the molecule is CC[C@@H]1CCCCNC(=O)c2cncc(c2)COc2cc(OCc3cccc(-c4cccc(OCCCN5CC[C@@H](O)C5)c4C)c3C)c(Cl)cc2CN1. The number of aliphatic hydroxyl groups is 1. The van der Waals surface area contributed by atoms with Crippen molar-refractivity contribution in [1.82, 2.24) is 20.5 Å². The summed E-state index contributed by atoms with van der Waals surface area (Å²) in [6.45, 7) is 11.5. The van der Waals surface area contributed by atoms with E-state index in [9.17, 15) is 9.90 Å². The number of carbonyl (C=O) groups excluding carboxylic acids is 1. The average Bonchev–Trinajstić information content (AvgIpc) is 3.58. The Labute approximate surface area is 319 Å². The first kappa shape index (κ1) is 38.6. The van der Waals surface area contributed by atoms with Crippen LogP contribution in [0.25, 0.3) is 11.1 Å². The van der Waals surface area contributed by atoms with Gasteiger partial charge in [0, 0.05) is 68.4 Å². The molecule has 2 atom stereocenters. The van der Waals surface area contributed by atoms with Crippen molar-refractivity contribution in [1.29, 1.82) is 0 Å². The van der Waals surface area contributed by atoms with Crippen molar-refractivity contribution in [3.05, 3.63) is 105 Å².